The first-order valence-electron chi connectivity index (χ1n) is 5.17. The molecule has 4 heteroatoms. The first-order chi connectivity index (χ1) is 7.72. The van der Waals surface area contributed by atoms with Gasteiger partial charge in [0.1, 0.15) is 6.10 Å². The van der Waals surface area contributed by atoms with Gasteiger partial charge in [-0.2, -0.15) is 5.10 Å². The lowest BCUT2D eigenvalue weighted by Crippen LogP contribution is -2.08. The van der Waals surface area contributed by atoms with Crippen LogP contribution in [0.15, 0.2) is 41.0 Å². The molecule has 84 valence electrons. The summed E-state index contributed by atoms with van der Waals surface area (Å²) in [5.74, 6) is 0. The average molecular weight is 281 g/mol. The largest absolute Gasteiger partial charge is 0.382 e. The van der Waals surface area contributed by atoms with E-state index >= 15 is 0 Å². The van der Waals surface area contributed by atoms with Crippen LogP contribution in [-0.2, 0) is 6.54 Å². The highest BCUT2D eigenvalue weighted by Crippen LogP contribution is 2.23. The van der Waals surface area contributed by atoms with E-state index in [4.69, 9.17) is 0 Å². The molecule has 1 aromatic heterocycles. The number of rotatable bonds is 3. The molecule has 0 bridgehead atoms. The quantitative estimate of drug-likeness (QED) is 0.939. The van der Waals surface area contributed by atoms with Crippen LogP contribution in [0.4, 0.5) is 0 Å². The maximum Gasteiger partial charge on any atom is 0.121 e. The molecule has 0 saturated carbocycles. The van der Waals surface area contributed by atoms with Crippen LogP contribution >= 0.6 is 15.9 Å². The molecule has 0 radical (unpaired) electrons. The van der Waals surface area contributed by atoms with Crippen LogP contribution in [0.25, 0.3) is 0 Å². The fourth-order valence-electron chi connectivity index (χ4n) is 1.66. The van der Waals surface area contributed by atoms with Gasteiger partial charge in [-0.25, -0.2) is 0 Å². The minimum absolute atomic E-state index is 0.615. The van der Waals surface area contributed by atoms with Crippen molar-refractivity contribution in [2.75, 3.05) is 0 Å². The van der Waals surface area contributed by atoms with Crippen molar-refractivity contribution in [1.29, 1.82) is 0 Å². The van der Waals surface area contributed by atoms with Crippen molar-refractivity contribution in [2.24, 2.45) is 0 Å². The van der Waals surface area contributed by atoms with Crippen molar-refractivity contribution in [2.45, 2.75) is 19.6 Å². The second-order valence-electron chi connectivity index (χ2n) is 3.53. The highest BCUT2D eigenvalue weighted by molar-refractivity contribution is 9.10. The molecule has 0 aliphatic carbocycles. The Kier molecular flexibility index (Phi) is 3.41. The number of hydrogen-bond acceptors (Lipinski definition) is 2. The fourth-order valence-corrected chi connectivity index (χ4v) is 1.92. The summed E-state index contributed by atoms with van der Waals surface area (Å²) in [7, 11) is 0. The van der Waals surface area contributed by atoms with E-state index in [0.717, 1.165) is 22.3 Å². The van der Waals surface area contributed by atoms with Gasteiger partial charge in [-0.15, -0.1) is 0 Å². The lowest BCUT2D eigenvalue weighted by atomic mass is 10.1. The van der Waals surface area contributed by atoms with Crippen molar-refractivity contribution in [3.8, 4) is 0 Å². The molecule has 0 spiro atoms. The highest BCUT2D eigenvalue weighted by Gasteiger charge is 2.14. The van der Waals surface area contributed by atoms with Crippen molar-refractivity contribution >= 4 is 15.9 Å². The van der Waals surface area contributed by atoms with Gasteiger partial charge in [0.15, 0.2) is 0 Å². The Morgan fingerprint density at radius 3 is 2.62 bits per heavy atom. The van der Waals surface area contributed by atoms with E-state index < -0.39 is 6.10 Å². The summed E-state index contributed by atoms with van der Waals surface area (Å²) in [6.45, 7) is 2.76. The Balaban J connectivity index is 2.31. The molecular weight excluding hydrogens is 268 g/mol. The zero-order valence-electron chi connectivity index (χ0n) is 8.97. The summed E-state index contributed by atoms with van der Waals surface area (Å²) in [4.78, 5) is 0. The monoisotopic (exact) mass is 280 g/mol. The van der Waals surface area contributed by atoms with Crippen LogP contribution in [0.2, 0.25) is 0 Å². The molecule has 0 fully saturated rings. The summed E-state index contributed by atoms with van der Waals surface area (Å²) < 4.78 is 2.81. The van der Waals surface area contributed by atoms with Gasteiger partial charge in [0, 0.05) is 17.2 Å². The zero-order chi connectivity index (χ0) is 11.5. The molecule has 3 nitrogen and oxygen atoms in total. The second-order valence-corrected chi connectivity index (χ2v) is 4.44. The molecule has 0 aliphatic heterocycles. The lowest BCUT2D eigenvalue weighted by molar-refractivity contribution is 0.208. The average Bonchev–Trinajstić information content (AvgIpc) is 2.77. The van der Waals surface area contributed by atoms with E-state index in [1.165, 1.54) is 0 Å². The Bertz CT molecular complexity index is 464. The van der Waals surface area contributed by atoms with Gasteiger partial charge in [-0.3, -0.25) is 4.68 Å². The third kappa shape index (κ3) is 2.18. The Labute approximate surface area is 103 Å². The zero-order valence-corrected chi connectivity index (χ0v) is 10.6. The van der Waals surface area contributed by atoms with Crippen LogP contribution in [0.3, 0.4) is 0 Å². The summed E-state index contributed by atoms with van der Waals surface area (Å²) in [6.07, 6.45) is 1.09. The number of aliphatic hydroxyl groups excluding tert-OH is 1. The number of nitrogens with zero attached hydrogens (tertiary/aromatic N) is 2. The third-order valence-corrected chi connectivity index (χ3v) is 3.04. The first kappa shape index (κ1) is 11.4. The van der Waals surface area contributed by atoms with Gasteiger partial charge in [-0.1, -0.05) is 28.1 Å². The number of aliphatic hydroxyl groups is 1. The van der Waals surface area contributed by atoms with Gasteiger partial charge >= 0.3 is 0 Å². The molecule has 2 aromatic rings. The van der Waals surface area contributed by atoms with E-state index in [2.05, 4.69) is 21.0 Å². The molecule has 0 aliphatic rings. The van der Waals surface area contributed by atoms with Crippen molar-refractivity contribution in [3.63, 3.8) is 0 Å². The number of halogens is 1. The molecule has 1 heterocycles. The number of benzene rings is 1. The molecule has 0 saturated heterocycles. The molecule has 2 rings (SSSR count). The summed E-state index contributed by atoms with van der Waals surface area (Å²) >= 11 is 3.37. The van der Waals surface area contributed by atoms with Crippen LogP contribution in [0.5, 0.6) is 0 Å². The smallest absolute Gasteiger partial charge is 0.121 e. The van der Waals surface area contributed by atoms with Gasteiger partial charge in [-0.05, 0) is 30.7 Å². The van der Waals surface area contributed by atoms with E-state index in [1.54, 1.807) is 10.9 Å². The standard InChI is InChI=1S/C12H13BrN2O/c1-2-15-11(7-8-14-15)12(16)9-3-5-10(13)6-4-9/h3-8,12,16H,2H2,1H3. The summed E-state index contributed by atoms with van der Waals surface area (Å²) in [5.41, 5.74) is 1.70. The van der Waals surface area contributed by atoms with Crippen LogP contribution in [0.1, 0.15) is 24.3 Å². The van der Waals surface area contributed by atoms with Crippen molar-refractivity contribution < 1.29 is 5.11 Å². The van der Waals surface area contributed by atoms with Crippen LogP contribution < -0.4 is 0 Å². The SMILES string of the molecule is CCn1nccc1C(O)c1ccc(Br)cc1. The van der Waals surface area contributed by atoms with E-state index in [0.29, 0.717) is 0 Å². The molecule has 1 N–H and O–H groups in total. The molecule has 1 aromatic carbocycles. The van der Waals surface area contributed by atoms with E-state index in [1.807, 2.05) is 37.3 Å². The minimum Gasteiger partial charge on any atom is -0.382 e. The molecule has 1 atom stereocenters. The third-order valence-electron chi connectivity index (χ3n) is 2.51. The number of hydrogen-bond donors (Lipinski definition) is 1. The normalized spacial score (nSPS) is 12.7. The Morgan fingerprint density at radius 1 is 1.31 bits per heavy atom. The summed E-state index contributed by atoms with van der Waals surface area (Å²) in [6, 6.07) is 9.50. The number of aromatic nitrogens is 2. The summed E-state index contributed by atoms with van der Waals surface area (Å²) in [5, 5.41) is 14.4. The van der Waals surface area contributed by atoms with Gasteiger partial charge in [0.25, 0.3) is 0 Å². The van der Waals surface area contributed by atoms with Gasteiger partial charge in [0.2, 0.25) is 0 Å². The predicted octanol–water partition coefficient (Wildman–Crippen LogP) is 2.75. The highest BCUT2D eigenvalue weighted by atomic mass is 79.9. The van der Waals surface area contributed by atoms with Crippen LogP contribution in [-0.4, -0.2) is 14.9 Å². The first-order valence-corrected chi connectivity index (χ1v) is 5.97. The maximum atomic E-state index is 10.2. The molecular formula is C12H13BrN2O. The van der Waals surface area contributed by atoms with Crippen molar-refractivity contribution in [1.82, 2.24) is 9.78 Å². The fraction of sp³-hybridized carbons (Fsp3) is 0.250. The second kappa shape index (κ2) is 4.80. The maximum absolute atomic E-state index is 10.2. The Morgan fingerprint density at radius 2 is 2.00 bits per heavy atom. The minimum atomic E-state index is -0.615. The van der Waals surface area contributed by atoms with Gasteiger partial charge in [0.05, 0.1) is 5.69 Å². The topological polar surface area (TPSA) is 38.0 Å². The van der Waals surface area contributed by atoms with Gasteiger partial charge < -0.3 is 5.11 Å². The molecule has 0 amide bonds. The Hall–Kier alpha value is -1.13. The van der Waals surface area contributed by atoms with Crippen molar-refractivity contribution in [3.05, 3.63) is 52.3 Å². The van der Waals surface area contributed by atoms with E-state index in [9.17, 15) is 5.11 Å². The van der Waals surface area contributed by atoms with E-state index in [-0.39, 0.29) is 0 Å². The lowest BCUT2D eigenvalue weighted by Gasteiger charge is -2.12. The number of aryl methyl sites for hydroxylation is 1. The molecule has 16 heavy (non-hydrogen) atoms. The van der Waals surface area contributed by atoms with Crippen LogP contribution in [0, 0.1) is 0 Å². The predicted molar refractivity (Wildman–Crippen MR) is 66.1 cm³/mol. The molecule has 1 unspecified atom stereocenters.